The van der Waals surface area contributed by atoms with Gasteiger partial charge in [0.1, 0.15) is 6.33 Å². The van der Waals surface area contributed by atoms with E-state index < -0.39 is 11.9 Å². The van der Waals surface area contributed by atoms with Crippen molar-refractivity contribution >= 4 is 11.6 Å². The maximum atomic E-state index is 11.1. The lowest BCUT2D eigenvalue weighted by atomic mass is 9.93. The smallest absolute Gasteiger partial charge is 0.308 e. The standard InChI is InChI=1S/C10H11N5O2/c16-10(17)7-2-11-1-6(7)8-4-15-5-13-14-9(15)3-12-8/h3-7,11H,1-2H2,(H,16,17). The number of aliphatic carboxylic acids is 1. The van der Waals surface area contributed by atoms with Crippen LogP contribution in [-0.4, -0.2) is 43.7 Å². The van der Waals surface area contributed by atoms with Crippen LogP contribution in [0.5, 0.6) is 0 Å². The van der Waals surface area contributed by atoms with Crippen LogP contribution in [-0.2, 0) is 4.79 Å². The van der Waals surface area contributed by atoms with Crippen molar-refractivity contribution < 1.29 is 9.90 Å². The number of hydrogen-bond acceptors (Lipinski definition) is 5. The fourth-order valence-corrected chi connectivity index (χ4v) is 2.19. The van der Waals surface area contributed by atoms with Crippen LogP contribution in [0.4, 0.5) is 0 Å². The monoisotopic (exact) mass is 233 g/mol. The van der Waals surface area contributed by atoms with E-state index in [2.05, 4.69) is 20.5 Å². The first-order chi connectivity index (χ1) is 8.25. The van der Waals surface area contributed by atoms with Crippen LogP contribution in [0.3, 0.4) is 0 Å². The molecule has 7 nitrogen and oxygen atoms in total. The Morgan fingerprint density at radius 3 is 3.24 bits per heavy atom. The summed E-state index contributed by atoms with van der Waals surface area (Å²) < 4.78 is 1.75. The van der Waals surface area contributed by atoms with E-state index in [0.29, 0.717) is 18.7 Å². The molecule has 0 radical (unpaired) electrons. The summed E-state index contributed by atoms with van der Waals surface area (Å²) in [7, 11) is 0. The summed E-state index contributed by atoms with van der Waals surface area (Å²) in [5.41, 5.74) is 1.42. The van der Waals surface area contributed by atoms with Crippen LogP contribution in [0.15, 0.2) is 18.7 Å². The Kier molecular flexibility index (Phi) is 2.25. The molecule has 0 aliphatic carbocycles. The first-order valence-corrected chi connectivity index (χ1v) is 5.34. The third-order valence-electron chi connectivity index (χ3n) is 3.11. The van der Waals surface area contributed by atoms with E-state index in [1.54, 1.807) is 23.1 Å². The number of carboxylic acids is 1. The molecule has 3 heterocycles. The molecule has 2 N–H and O–H groups in total. The highest BCUT2D eigenvalue weighted by Gasteiger charge is 2.34. The maximum absolute atomic E-state index is 11.1. The second-order valence-corrected chi connectivity index (χ2v) is 4.12. The van der Waals surface area contributed by atoms with Gasteiger partial charge in [0.05, 0.1) is 17.8 Å². The Bertz CT molecular complexity index is 567. The lowest BCUT2D eigenvalue weighted by molar-refractivity contribution is -0.141. The second kappa shape index (κ2) is 3.77. The second-order valence-electron chi connectivity index (χ2n) is 4.12. The molecular weight excluding hydrogens is 222 g/mol. The van der Waals surface area contributed by atoms with Crippen molar-refractivity contribution in [2.24, 2.45) is 5.92 Å². The predicted octanol–water partition coefficient (Wildman–Crippen LogP) is -0.488. The Balaban J connectivity index is 1.99. The van der Waals surface area contributed by atoms with Gasteiger partial charge < -0.3 is 10.4 Å². The molecule has 0 saturated carbocycles. The SMILES string of the molecule is O=C(O)C1CNCC1c1cn2cnnc2cn1. The van der Waals surface area contributed by atoms with E-state index in [0.717, 1.165) is 5.69 Å². The fourth-order valence-electron chi connectivity index (χ4n) is 2.19. The highest BCUT2D eigenvalue weighted by atomic mass is 16.4. The quantitative estimate of drug-likeness (QED) is 0.727. The zero-order valence-electron chi connectivity index (χ0n) is 8.95. The molecule has 3 rings (SSSR count). The van der Waals surface area contributed by atoms with Crippen LogP contribution in [0.25, 0.3) is 5.65 Å². The number of rotatable bonds is 2. The summed E-state index contributed by atoms with van der Waals surface area (Å²) in [6.07, 6.45) is 4.99. The van der Waals surface area contributed by atoms with Crippen LogP contribution in [0.2, 0.25) is 0 Å². The molecule has 2 aromatic heterocycles. The minimum atomic E-state index is -0.786. The molecular formula is C10H11N5O2. The average Bonchev–Trinajstić information content (AvgIpc) is 2.96. The van der Waals surface area contributed by atoms with Crippen molar-refractivity contribution in [3.63, 3.8) is 0 Å². The third-order valence-corrected chi connectivity index (χ3v) is 3.11. The van der Waals surface area contributed by atoms with E-state index in [1.807, 2.05) is 0 Å². The van der Waals surface area contributed by atoms with E-state index in [-0.39, 0.29) is 5.92 Å². The van der Waals surface area contributed by atoms with Gasteiger partial charge in [-0.2, -0.15) is 0 Å². The largest absolute Gasteiger partial charge is 0.481 e. The molecule has 1 aliphatic rings. The number of nitrogens with one attached hydrogen (secondary N) is 1. The molecule has 2 unspecified atom stereocenters. The summed E-state index contributed by atoms with van der Waals surface area (Å²) in [5, 5.41) is 19.8. The van der Waals surface area contributed by atoms with E-state index >= 15 is 0 Å². The van der Waals surface area contributed by atoms with E-state index in [9.17, 15) is 4.79 Å². The molecule has 0 spiro atoms. The number of nitrogens with zero attached hydrogens (tertiary/aromatic N) is 4. The first-order valence-electron chi connectivity index (χ1n) is 5.34. The van der Waals surface area contributed by atoms with Gasteiger partial charge in [0.15, 0.2) is 5.65 Å². The highest BCUT2D eigenvalue weighted by molar-refractivity contribution is 5.72. The van der Waals surface area contributed by atoms with Crippen molar-refractivity contribution in [2.45, 2.75) is 5.92 Å². The molecule has 7 heteroatoms. The Labute approximate surface area is 96.5 Å². The van der Waals surface area contributed by atoms with Gasteiger partial charge in [-0.25, -0.2) is 0 Å². The minimum Gasteiger partial charge on any atom is -0.481 e. The van der Waals surface area contributed by atoms with Gasteiger partial charge in [-0.15, -0.1) is 10.2 Å². The first kappa shape index (κ1) is 10.2. The molecule has 2 atom stereocenters. The van der Waals surface area contributed by atoms with Crippen molar-refractivity contribution in [2.75, 3.05) is 13.1 Å². The number of carbonyl (C=O) groups is 1. The topological polar surface area (TPSA) is 92.4 Å². The average molecular weight is 233 g/mol. The third kappa shape index (κ3) is 1.64. The van der Waals surface area contributed by atoms with Gasteiger partial charge >= 0.3 is 5.97 Å². The normalized spacial score (nSPS) is 24.2. The van der Waals surface area contributed by atoms with Crippen LogP contribution < -0.4 is 5.32 Å². The van der Waals surface area contributed by atoms with Crippen LogP contribution in [0, 0.1) is 5.92 Å². The minimum absolute atomic E-state index is 0.0979. The Morgan fingerprint density at radius 2 is 2.41 bits per heavy atom. The molecule has 0 aromatic carbocycles. The van der Waals surface area contributed by atoms with Gasteiger partial charge in [-0.1, -0.05) is 0 Å². The number of fused-ring (bicyclic) bond motifs is 1. The van der Waals surface area contributed by atoms with Crippen LogP contribution in [0.1, 0.15) is 11.6 Å². The lowest BCUT2D eigenvalue weighted by Gasteiger charge is -2.13. The zero-order valence-corrected chi connectivity index (χ0v) is 8.95. The van der Waals surface area contributed by atoms with Crippen molar-refractivity contribution in [1.82, 2.24) is 24.9 Å². The number of hydrogen-bond donors (Lipinski definition) is 2. The van der Waals surface area contributed by atoms with Crippen molar-refractivity contribution in [3.05, 3.63) is 24.4 Å². The van der Waals surface area contributed by atoms with Crippen molar-refractivity contribution in [3.8, 4) is 0 Å². The maximum Gasteiger partial charge on any atom is 0.308 e. The molecule has 1 aliphatic heterocycles. The van der Waals surface area contributed by atoms with E-state index in [1.165, 1.54) is 0 Å². The lowest BCUT2D eigenvalue weighted by Crippen LogP contribution is -2.21. The molecule has 88 valence electrons. The van der Waals surface area contributed by atoms with Gasteiger partial charge in [-0.05, 0) is 0 Å². The van der Waals surface area contributed by atoms with Gasteiger partial charge in [0, 0.05) is 25.2 Å². The Morgan fingerprint density at radius 1 is 1.53 bits per heavy atom. The summed E-state index contributed by atoms with van der Waals surface area (Å²) in [6, 6.07) is 0. The molecule has 2 aromatic rings. The molecule has 1 fully saturated rings. The molecule has 0 amide bonds. The molecule has 17 heavy (non-hydrogen) atoms. The number of aromatic nitrogens is 4. The van der Waals surface area contributed by atoms with Gasteiger partial charge in [-0.3, -0.25) is 14.2 Å². The number of carboxylic acid groups (broad SMARTS) is 1. The van der Waals surface area contributed by atoms with E-state index in [4.69, 9.17) is 5.11 Å². The fraction of sp³-hybridized carbons (Fsp3) is 0.400. The van der Waals surface area contributed by atoms with Gasteiger partial charge in [0.25, 0.3) is 0 Å². The highest BCUT2D eigenvalue weighted by Crippen LogP contribution is 2.26. The Hall–Kier alpha value is -2.02. The predicted molar refractivity (Wildman–Crippen MR) is 57.5 cm³/mol. The zero-order chi connectivity index (χ0) is 11.8. The summed E-state index contributed by atoms with van der Waals surface area (Å²) >= 11 is 0. The summed E-state index contributed by atoms with van der Waals surface area (Å²) in [6.45, 7) is 1.12. The molecule has 0 bridgehead atoms. The molecule has 1 saturated heterocycles. The summed E-state index contributed by atoms with van der Waals surface area (Å²) in [4.78, 5) is 15.4. The van der Waals surface area contributed by atoms with Gasteiger partial charge in [0.2, 0.25) is 0 Å². The summed E-state index contributed by atoms with van der Waals surface area (Å²) in [5.74, 6) is -1.30. The van der Waals surface area contributed by atoms with Crippen molar-refractivity contribution in [1.29, 1.82) is 0 Å². The van der Waals surface area contributed by atoms with Crippen LogP contribution >= 0.6 is 0 Å².